The predicted octanol–water partition coefficient (Wildman–Crippen LogP) is 8.96. The van der Waals surface area contributed by atoms with E-state index in [0.717, 1.165) is 93.9 Å². The summed E-state index contributed by atoms with van der Waals surface area (Å²) in [4.78, 5) is 48.8. The van der Waals surface area contributed by atoms with Crippen molar-refractivity contribution >= 4 is 24.1 Å². The first-order valence-electron chi connectivity index (χ1n) is 21.3. The molecule has 10 atom stereocenters. The van der Waals surface area contributed by atoms with Gasteiger partial charge in [0.2, 0.25) is 0 Å². The molecule has 4 saturated carbocycles. The van der Waals surface area contributed by atoms with Crippen LogP contribution in [-0.4, -0.2) is 62.2 Å². The van der Waals surface area contributed by atoms with Gasteiger partial charge in [0.25, 0.3) is 0 Å². The van der Waals surface area contributed by atoms with Gasteiger partial charge in [-0.2, -0.15) is 0 Å². The van der Waals surface area contributed by atoms with E-state index in [9.17, 15) is 19.2 Å². The maximum Gasteiger partial charge on any atom is 0.516 e. The van der Waals surface area contributed by atoms with Crippen LogP contribution in [-0.2, 0) is 42.8 Å². The topological polar surface area (TPSA) is 133 Å². The Hall–Kier alpha value is -3.44. The van der Waals surface area contributed by atoms with Crippen LogP contribution in [0.4, 0.5) is 4.79 Å². The smallest absolute Gasteiger partial charge is 0.497 e. The molecular formula is C45H62O11. The van der Waals surface area contributed by atoms with Gasteiger partial charge in [-0.1, -0.05) is 59.1 Å². The van der Waals surface area contributed by atoms with Crippen molar-refractivity contribution in [3.05, 3.63) is 41.5 Å². The fourth-order valence-electron chi connectivity index (χ4n) is 11.9. The van der Waals surface area contributed by atoms with Crippen molar-refractivity contribution in [2.75, 3.05) is 20.3 Å². The largest absolute Gasteiger partial charge is 0.516 e. The molecule has 308 valence electrons. The van der Waals surface area contributed by atoms with Gasteiger partial charge >= 0.3 is 24.1 Å². The Bertz CT molecular complexity index is 1640. The molecule has 0 amide bonds. The molecule has 2 aliphatic heterocycles. The van der Waals surface area contributed by atoms with Crippen LogP contribution in [0.2, 0.25) is 0 Å². The summed E-state index contributed by atoms with van der Waals surface area (Å²) < 4.78 is 40.9. The maximum absolute atomic E-state index is 13.0. The molecule has 2 bridgehead atoms. The number of hydrogen-bond donors (Lipinski definition) is 0. The molecule has 56 heavy (non-hydrogen) atoms. The average Bonchev–Trinajstić information content (AvgIpc) is 3.67. The molecule has 11 heteroatoms. The number of fused-ring (bicyclic) bond motifs is 4. The highest BCUT2D eigenvalue weighted by Gasteiger charge is 2.74. The summed E-state index contributed by atoms with van der Waals surface area (Å²) in [7, 11) is 1.67. The SMILES string of the molecule is COc1ccc(C2O[C@H]3C[C@]4(O2)[C@@H]2CC[C@@H]5C[C@@H](OC(=O)CCCCCCCC(=O)OC(=O)OCC(C)C)CC[C@]5(C)[C@H]2CC[C@]4(C)[C@H]3C2=CC(=O)OC2)cc1. The minimum Gasteiger partial charge on any atom is -0.497 e. The van der Waals surface area contributed by atoms with Gasteiger partial charge in [-0.3, -0.25) is 9.59 Å². The van der Waals surface area contributed by atoms with Crippen molar-refractivity contribution in [2.24, 2.45) is 40.4 Å². The molecule has 0 aromatic heterocycles. The van der Waals surface area contributed by atoms with Crippen LogP contribution >= 0.6 is 0 Å². The molecule has 4 aliphatic carbocycles. The molecule has 1 unspecified atom stereocenters. The summed E-state index contributed by atoms with van der Waals surface area (Å²) in [5, 5.41) is 0. The molecule has 5 fully saturated rings. The normalized spacial score (nSPS) is 35.7. The van der Waals surface area contributed by atoms with Crippen molar-refractivity contribution in [3.8, 4) is 5.75 Å². The molecule has 0 radical (unpaired) electrons. The quantitative estimate of drug-likeness (QED) is 0.0776. The first kappa shape index (κ1) is 40.7. The predicted molar refractivity (Wildman–Crippen MR) is 205 cm³/mol. The van der Waals surface area contributed by atoms with Crippen molar-refractivity contribution in [2.45, 2.75) is 148 Å². The lowest BCUT2D eigenvalue weighted by atomic mass is 9.43. The van der Waals surface area contributed by atoms with Gasteiger partial charge in [-0.15, -0.1) is 0 Å². The molecule has 0 N–H and O–H groups in total. The standard InChI is InChI=1S/C45H62O11/c1-28(2)26-52-42(49)55-38(47)12-10-8-6-7-9-11-37(46)53-33-19-21-43(3)31(24-33)15-18-35-34(43)20-22-44(4)40(30-23-39(48)51-27-30)36-25-45(35,44)56-41(54-36)29-13-16-32(50-5)17-14-29/h13-14,16-17,23,28,31,33-36,40-41H,6-12,15,18-22,24-27H2,1-5H3/t31-,33+,34+,35-,36+,40+,41?,43+,44-,45+/m1/s1. The lowest BCUT2D eigenvalue weighted by molar-refractivity contribution is -0.319. The lowest BCUT2D eigenvalue weighted by Crippen LogP contribution is -2.63. The first-order valence-corrected chi connectivity index (χ1v) is 21.3. The van der Waals surface area contributed by atoms with Gasteiger partial charge in [0, 0.05) is 42.2 Å². The summed E-state index contributed by atoms with van der Waals surface area (Å²) in [5.41, 5.74) is 1.55. The summed E-state index contributed by atoms with van der Waals surface area (Å²) >= 11 is 0. The summed E-state index contributed by atoms with van der Waals surface area (Å²) in [5.74, 6) is 1.39. The van der Waals surface area contributed by atoms with E-state index in [1.54, 1.807) is 13.2 Å². The van der Waals surface area contributed by atoms with Gasteiger partial charge < -0.3 is 33.2 Å². The van der Waals surface area contributed by atoms with E-state index in [0.29, 0.717) is 37.2 Å². The average molecular weight is 779 g/mol. The minimum atomic E-state index is -0.933. The number of carbonyl (C=O) groups is 4. The van der Waals surface area contributed by atoms with Crippen LogP contribution in [0.1, 0.15) is 136 Å². The number of methoxy groups -OCH3 is 1. The van der Waals surface area contributed by atoms with E-state index < -0.39 is 24.0 Å². The van der Waals surface area contributed by atoms with Gasteiger partial charge in [0.05, 0.1) is 25.4 Å². The van der Waals surface area contributed by atoms with E-state index in [1.165, 1.54) is 0 Å². The Morgan fingerprint density at radius 3 is 2.32 bits per heavy atom. The third-order valence-corrected chi connectivity index (χ3v) is 14.6. The summed E-state index contributed by atoms with van der Waals surface area (Å²) in [6.07, 6.45) is 12.6. The van der Waals surface area contributed by atoms with Crippen molar-refractivity contribution in [3.63, 3.8) is 0 Å². The van der Waals surface area contributed by atoms with E-state index in [-0.39, 0.29) is 59.8 Å². The number of rotatable bonds is 14. The Morgan fingerprint density at radius 1 is 0.893 bits per heavy atom. The number of unbranched alkanes of at least 4 members (excludes halogenated alkanes) is 4. The van der Waals surface area contributed by atoms with Gasteiger partial charge in [0.1, 0.15) is 18.5 Å². The highest BCUT2D eigenvalue weighted by molar-refractivity contribution is 5.85. The molecule has 1 aromatic rings. The van der Waals surface area contributed by atoms with Crippen LogP contribution in [0.15, 0.2) is 35.9 Å². The number of esters is 3. The fraction of sp³-hybridized carbons (Fsp3) is 0.733. The lowest BCUT2D eigenvalue weighted by Gasteiger charge is -2.65. The van der Waals surface area contributed by atoms with Crippen LogP contribution < -0.4 is 4.74 Å². The Balaban J connectivity index is 0.927. The highest BCUT2D eigenvalue weighted by atomic mass is 16.7. The van der Waals surface area contributed by atoms with E-state index in [2.05, 4.69) is 13.8 Å². The number of benzene rings is 1. The molecule has 1 saturated heterocycles. The maximum atomic E-state index is 13.0. The van der Waals surface area contributed by atoms with E-state index in [1.807, 2.05) is 38.1 Å². The molecule has 7 rings (SSSR count). The zero-order valence-electron chi connectivity index (χ0n) is 34.0. The highest BCUT2D eigenvalue weighted by Crippen LogP contribution is 2.73. The number of hydrogen-bond acceptors (Lipinski definition) is 11. The zero-order valence-corrected chi connectivity index (χ0v) is 34.0. The van der Waals surface area contributed by atoms with Crippen LogP contribution in [0.5, 0.6) is 5.75 Å². The first-order chi connectivity index (χ1) is 26.8. The third-order valence-electron chi connectivity index (χ3n) is 14.6. The Kier molecular flexibility index (Phi) is 12.2. The van der Waals surface area contributed by atoms with Crippen LogP contribution in [0, 0.1) is 40.4 Å². The van der Waals surface area contributed by atoms with Crippen molar-refractivity contribution in [1.29, 1.82) is 0 Å². The summed E-state index contributed by atoms with van der Waals surface area (Å²) in [6, 6.07) is 8.00. The fourth-order valence-corrected chi connectivity index (χ4v) is 11.9. The second kappa shape index (κ2) is 16.8. The van der Waals surface area contributed by atoms with Crippen LogP contribution in [0.3, 0.4) is 0 Å². The monoisotopic (exact) mass is 778 g/mol. The third kappa shape index (κ3) is 8.00. The molecule has 6 aliphatic rings. The van der Waals surface area contributed by atoms with Crippen molar-refractivity contribution in [1.82, 2.24) is 0 Å². The molecular weight excluding hydrogens is 716 g/mol. The molecule has 1 spiro atoms. The van der Waals surface area contributed by atoms with E-state index >= 15 is 0 Å². The van der Waals surface area contributed by atoms with Crippen molar-refractivity contribution < 1.29 is 52.3 Å². The zero-order chi connectivity index (χ0) is 39.7. The molecule has 11 nitrogen and oxygen atoms in total. The minimum absolute atomic E-state index is 0.0479. The number of cyclic esters (lactones) is 1. The molecule has 1 aromatic carbocycles. The number of ether oxygens (including phenoxy) is 7. The van der Waals surface area contributed by atoms with Gasteiger partial charge in [-0.25, -0.2) is 9.59 Å². The Morgan fingerprint density at radius 2 is 1.62 bits per heavy atom. The summed E-state index contributed by atoms with van der Waals surface area (Å²) in [6.45, 7) is 9.27. The van der Waals surface area contributed by atoms with Gasteiger partial charge in [-0.05, 0) is 105 Å². The Labute approximate surface area is 331 Å². The van der Waals surface area contributed by atoms with Crippen LogP contribution in [0.25, 0.3) is 0 Å². The number of carbonyl (C=O) groups excluding carboxylic acids is 4. The van der Waals surface area contributed by atoms with E-state index in [4.69, 9.17) is 33.2 Å². The second-order valence-electron chi connectivity index (χ2n) is 18.3. The van der Waals surface area contributed by atoms with Gasteiger partial charge in [0.15, 0.2) is 6.29 Å². The molecule has 2 heterocycles. The second-order valence-corrected chi connectivity index (χ2v) is 18.3.